The van der Waals surface area contributed by atoms with Crippen molar-refractivity contribution in [1.29, 1.82) is 0 Å². The van der Waals surface area contributed by atoms with Crippen LogP contribution in [0.3, 0.4) is 0 Å². The van der Waals surface area contributed by atoms with E-state index in [4.69, 9.17) is 0 Å². The fraction of sp³-hybridized carbons (Fsp3) is 1.00. The molecule has 12 heavy (non-hydrogen) atoms. The Kier molecular flexibility index (Phi) is 3.40. The summed E-state index contributed by atoms with van der Waals surface area (Å²) in [6.45, 7) is 18.8. The van der Waals surface area contributed by atoms with Crippen LogP contribution in [0.5, 0.6) is 0 Å². The van der Waals surface area contributed by atoms with Gasteiger partial charge < -0.3 is 0 Å². The molecule has 0 rings (SSSR count). The quantitative estimate of drug-likeness (QED) is 0.590. The maximum atomic E-state index is 2.39. The highest BCUT2D eigenvalue weighted by Crippen LogP contribution is 2.48. The summed E-state index contributed by atoms with van der Waals surface area (Å²) in [6.07, 6.45) is 0. The Morgan fingerprint density at radius 2 is 0.750 bits per heavy atom. The van der Waals surface area contributed by atoms with Crippen molar-refractivity contribution in [2.45, 2.75) is 55.4 Å². The average Bonchev–Trinajstić information content (AvgIpc) is 1.86. The molecule has 0 heterocycles. The van der Waals surface area contributed by atoms with Crippen LogP contribution < -0.4 is 0 Å². The van der Waals surface area contributed by atoms with Crippen LogP contribution in [0.15, 0.2) is 0 Å². The van der Waals surface area contributed by atoms with E-state index >= 15 is 0 Å². The van der Waals surface area contributed by atoms with E-state index in [-0.39, 0.29) is 0 Å². The average molecular weight is 170 g/mol. The van der Waals surface area contributed by atoms with Crippen molar-refractivity contribution in [3.8, 4) is 0 Å². The lowest BCUT2D eigenvalue weighted by molar-refractivity contribution is 0.0135. The van der Waals surface area contributed by atoms with Crippen LogP contribution in [0.2, 0.25) is 0 Å². The summed E-state index contributed by atoms with van der Waals surface area (Å²) >= 11 is 0. The van der Waals surface area contributed by atoms with Gasteiger partial charge in [-0.3, -0.25) is 0 Å². The van der Waals surface area contributed by atoms with Gasteiger partial charge in [-0.15, -0.1) is 0 Å². The molecule has 0 unspecified atom stereocenters. The molecule has 0 bridgehead atoms. The Labute approximate surface area is 78.8 Å². The van der Waals surface area contributed by atoms with Crippen molar-refractivity contribution >= 4 is 0 Å². The minimum atomic E-state index is 0.418. The van der Waals surface area contributed by atoms with Gasteiger partial charge in [-0.05, 0) is 22.7 Å². The lowest BCUT2D eigenvalue weighted by Gasteiger charge is -2.48. The number of rotatable bonds is 3. The second-order valence-corrected chi connectivity index (χ2v) is 5.75. The Hall–Kier alpha value is 0. The summed E-state index contributed by atoms with van der Waals surface area (Å²) in [4.78, 5) is 0. The highest BCUT2D eigenvalue weighted by molar-refractivity contribution is 4.90. The molecule has 0 aliphatic rings. The predicted octanol–water partition coefficient (Wildman–Crippen LogP) is 4.35. The van der Waals surface area contributed by atoms with Gasteiger partial charge in [0.05, 0.1) is 0 Å². The van der Waals surface area contributed by atoms with Gasteiger partial charge in [0.15, 0.2) is 0 Å². The highest BCUT2D eigenvalue weighted by atomic mass is 14.5. The van der Waals surface area contributed by atoms with Crippen LogP contribution in [0.25, 0.3) is 0 Å². The van der Waals surface area contributed by atoms with E-state index < -0.39 is 0 Å². The maximum Gasteiger partial charge on any atom is -0.0277 e. The van der Waals surface area contributed by atoms with Crippen LogP contribution in [0.4, 0.5) is 0 Å². The Bertz CT molecular complexity index is 120. The van der Waals surface area contributed by atoms with Crippen LogP contribution in [-0.4, -0.2) is 0 Å². The molecule has 0 nitrogen and oxygen atoms in total. The molecule has 0 aliphatic carbocycles. The summed E-state index contributed by atoms with van der Waals surface area (Å²) in [5.74, 6) is 1.49. The molecule has 0 atom stereocenters. The number of hydrogen-bond donors (Lipinski definition) is 0. The third-order valence-electron chi connectivity index (χ3n) is 4.55. The molecule has 0 N–H and O–H groups in total. The van der Waals surface area contributed by atoms with Crippen LogP contribution >= 0.6 is 0 Å². The van der Waals surface area contributed by atoms with E-state index in [1.807, 2.05) is 0 Å². The molecule has 74 valence electrons. The third kappa shape index (κ3) is 1.84. The van der Waals surface area contributed by atoms with Gasteiger partial charge in [-0.1, -0.05) is 55.4 Å². The monoisotopic (exact) mass is 170 g/mol. The van der Waals surface area contributed by atoms with Crippen molar-refractivity contribution in [2.75, 3.05) is 0 Å². The fourth-order valence-electron chi connectivity index (χ4n) is 1.49. The van der Waals surface area contributed by atoms with Crippen LogP contribution in [0.1, 0.15) is 55.4 Å². The molecule has 0 fully saturated rings. The second kappa shape index (κ2) is 3.40. The molecular weight excluding hydrogens is 144 g/mol. The third-order valence-corrected chi connectivity index (χ3v) is 4.55. The normalized spacial score (nSPS) is 14.5. The van der Waals surface area contributed by atoms with Gasteiger partial charge in [0.2, 0.25) is 0 Å². The molecule has 0 saturated heterocycles. The van der Waals surface area contributed by atoms with Crippen molar-refractivity contribution in [3.05, 3.63) is 0 Å². The van der Waals surface area contributed by atoms with Crippen molar-refractivity contribution in [1.82, 2.24) is 0 Å². The first-order valence-electron chi connectivity index (χ1n) is 5.14. The molecule has 0 amide bonds. The standard InChI is InChI=1S/C12H26/c1-9(2)11(5,6)12(7,8)10(3)4/h9-10H,1-8H3. The van der Waals surface area contributed by atoms with Crippen LogP contribution in [0, 0.1) is 22.7 Å². The predicted molar refractivity (Wildman–Crippen MR) is 57.2 cm³/mol. The molecule has 0 aromatic carbocycles. The minimum Gasteiger partial charge on any atom is -0.0622 e. The molecule has 0 spiro atoms. The topological polar surface area (TPSA) is 0 Å². The van der Waals surface area contributed by atoms with E-state index in [1.54, 1.807) is 0 Å². The minimum absolute atomic E-state index is 0.418. The van der Waals surface area contributed by atoms with Crippen molar-refractivity contribution < 1.29 is 0 Å². The lowest BCUT2D eigenvalue weighted by atomic mass is 9.57. The van der Waals surface area contributed by atoms with Gasteiger partial charge in [-0.25, -0.2) is 0 Å². The van der Waals surface area contributed by atoms with E-state index in [9.17, 15) is 0 Å². The first-order valence-corrected chi connectivity index (χ1v) is 5.14. The van der Waals surface area contributed by atoms with E-state index in [1.165, 1.54) is 0 Å². The van der Waals surface area contributed by atoms with Crippen molar-refractivity contribution in [2.24, 2.45) is 22.7 Å². The molecular formula is C12H26. The second-order valence-electron chi connectivity index (χ2n) is 5.75. The van der Waals surface area contributed by atoms with Crippen LogP contribution in [-0.2, 0) is 0 Å². The summed E-state index contributed by atoms with van der Waals surface area (Å²) in [5.41, 5.74) is 0.836. The fourth-order valence-corrected chi connectivity index (χ4v) is 1.49. The van der Waals surface area contributed by atoms with Gasteiger partial charge >= 0.3 is 0 Å². The Morgan fingerprint density at radius 1 is 0.583 bits per heavy atom. The molecule has 0 heteroatoms. The molecule has 0 saturated carbocycles. The maximum absolute atomic E-state index is 2.39. The number of hydrogen-bond acceptors (Lipinski definition) is 0. The zero-order valence-electron chi connectivity index (χ0n) is 10.2. The first kappa shape index (κ1) is 12.0. The van der Waals surface area contributed by atoms with Gasteiger partial charge in [0, 0.05) is 0 Å². The first-order chi connectivity index (χ1) is 5.14. The highest BCUT2D eigenvalue weighted by Gasteiger charge is 2.41. The smallest absolute Gasteiger partial charge is 0.0277 e. The summed E-state index contributed by atoms with van der Waals surface area (Å²) in [6, 6.07) is 0. The zero-order chi connectivity index (χ0) is 10.2. The molecule has 0 radical (unpaired) electrons. The summed E-state index contributed by atoms with van der Waals surface area (Å²) in [5, 5.41) is 0. The van der Waals surface area contributed by atoms with Crippen molar-refractivity contribution in [3.63, 3.8) is 0 Å². The SMILES string of the molecule is CC(C)C(C)(C)C(C)(C)C(C)C. The van der Waals surface area contributed by atoms with Gasteiger partial charge in [-0.2, -0.15) is 0 Å². The molecule has 0 aromatic rings. The van der Waals surface area contributed by atoms with E-state index in [2.05, 4.69) is 55.4 Å². The largest absolute Gasteiger partial charge is 0.0622 e. The van der Waals surface area contributed by atoms with E-state index in [0.717, 1.165) is 11.8 Å². The summed E-state index contributed by atoms with van der Waals surface area (Å²) in [7, 11) is 0. The zero-order valence-corrected chi connectivity index (χ0v) is 10.2. The van der Waals surface area contributed by atoms with Gasteiger partial charge in [0.25, 0.3) is 0 Å². The van der Waals surface area contributed by atoms with E-state index in [0.29, 0.717) is 10.8 Å². The summed E-state index contributed by atoms with van der Waals surface area (Å²) < 4.78 is 0. The van der Waals surface area contributed by atoms with Gasteiger partial charge in [0.1, 0.15) is 0 Å². The molecule has 0 aromatic heterocycles. The Balaban J connectivity index is 4.75. The molecule has 0 aliphatic heterocycles. The lowest BCUT2D eigenvalue weighted by Crippen LogP contribution is -2.40. The Morgan fingerprint density at radius 3 is 0.833 bits per heavy atom.